The Bertz CT molecular complexity index is 260. The molecule has 3 atom stereocenters. The van der Waals surface area contributed by atoms with Gasteiger partial charge in [-0.05, 0) is 31.1 Å². The van der Waals surface area contributed by atoms with Gasteiger partial charge in [0.15, 0.2) is 0 Å². The summed E-state index contributed by atoms with van der Waals surface area (Å²) in [5, 5.41) is 0. The molecule has 2 aliphatic rings. The second-order valence-electron chi connectivity index (χ2n) is 3.73. The Morgan fingerprint density at radius 2 is 2.09 bits per heavy atom. The van der Waals surface area contributed by atoms with Crippen molar-refractivity contribution >= 4 is 10.0 Å². The molecule has 0 aromatic heterocycles. The van der Waals surface area contributed by atoms with E-state index >= 15 is 0 Å². The van der Waals surface area contributed by atoms with E-state index in [1.165, 1.54) is 19.1 Å². The van der Waals surface area contributed by atoms with Gasteiger partial charge in [0.2, 0.25) is 10.0 Å². The molecule has 64 valence electrons. The van der Waals surface area contributed by atoms with Crippen LogP contribution in [0.3, 0.4) is 0 Å². The molecule has 3 nitrogen and oxygen atoms in total. The lowest BCUT2D eigenvalue weighted by molar-refractivity contribution is 0.528. The van der Waals surface area contributed by atoms with Crippen molar-refractivity contribution in [2.75, 3.05) is 6.26 Å². The first-order chi connectivity index (χ1) is 5.06. The van der Waals surface area contributed by atoms with E-state index in [1.807, 2.05) is 0 Å². The topological polar surface area (TPSA) is 46.2 Å². The van der Waals surface area contributed by atoms with Gasteiger partial charge in [-0.25, -0.2) is 13.1 Å². The molecule has 3 unspecified atom stereocenters. The van der Waals surface area contributed by atoms with Gasteiger partial charge < -0.3 is 0 Å². The highest BCUT2D eigenvalue weighted by molar-refractivity contribution is 7.88. The molecule has 4 heteroatoms. The summed E-state index contributed by atoms with van der Waals surface area (Å²) in [4.78, 5) is 0. The highest BCUT2D eigenvalue weighted by Gasteiger charge is 2.48. The van der Waals surface area contributed by atoms with E-state index in [0.29, 0.717) is 5.92 Å². The quantitative estimate of drug-likeness (QED) is 0.657. The van der Waals surface area contributed by atoms with Gasteiger partial charge in [0.05, 0.1) is 6.26 Å². The molecule has 0 aliphatic heterocycles. The molecule has 0 amide bonds. The summed E-state index contributed by atoms with van der Waals surface area (Å²) < 4.78 is 24.4. The maximum Gasteiger partial charge on any atom is 0.208 e. The fraction of sp³-hybridized carbons (Fsp3) is 1.00. The van der Waals surface area contributed by atoms with E-state index in [1.54, 1.807) is 0 Å². The van der Waals surface area contributed by atoms with E-state index in [-0.39, 0.29) is 6.04 Å². The van der Waals surface area contributed by atoms with E-state index < -0.39 is 10.0 Å². The number of fused-ring (bicyclic) bond motifs is 1. The second kappa shape index (κ2) is 2.20. The Labute approximate surface area is 67.2 Å². The molecular formula is C7H13NO2S. The van der Waals surface area contributed by atoms with Crippen LogP contribution in [0.2, 0.25) is 0 Å². The lowest BCUT2D eigenvalue weighted by Gasteiger charge is -2.11. The molecule has 1 N–H and O–H groups in total. The summed E-state index contributed by atoms with van der Waals surface area (Å²) in [5.74, 6) is 1.51. The highest BCUT2D eigenvalue weighted by Crippen LogP contribution is 2.51. The molecule has 0 spiro atoms. The van der Waals surface area contributed by atoms with Crippen molar-refractivity contribution < 1.29 is 8.42 Å². The van der Waals surface area contributed by atoms with Crippen molar-refractivity contribution in [3.05, 3.63) is 0 Å². The number of hydrogen-bond donors (Lipinski definition) is 1. The summed E-state index contributed by atoms with van der Waals surface area (Å²) in [6.07, 6.45) is 4.75. The summed E-state index contributed by atoms with van der Waals surface area (Å²) >= 11 is 0. The third kappa shape index (κ3) is 1.56. The average molecular weight is 175 g/mol. The molecule has 2 saturated carbocycles. The zero-order valence-corrected chi connectivity index (χ0v) is 7.39. The molecule has 0 aromatic carbocycles. The smallest absolute Gasteiger partial charge is 0.208 e. The van der Waals surface area contributed by atoms with Crippen LogP contribution in [0.15, 0.2) is 0 Å². The summed E-state index contributed by atoms with van der Waals surface area (Å²) in [6.45, 7) is 0. The minimum absolute atomic E-state index is 0.259. The summed E-state index contributed by atoms with van der Waals surface area (Å²) in [7, 11) is -2.96. The van der Waals surface area contributed by atoms with Crippen LogP contribution in [-0.2, 0) is 10.0 Å². The molecule has 0 bridgehead atoms. The second-order valence-corrected chi connectivity index (χ2v) is 5.51. The first-order valence-electron chi connectivity index (χ1n) is 4.03. The van der Waals surface area contributed by atoms with Gasteiger partial charge in [-0.3, -0.25) is 0 Å². The molecule has 2 rings (SSSR count). The van der Waals surface area contributed by atoms with E-state index in [4.69, 9.17) is 0 Å². The maximum atomic E-state index is 10.8. The number of nitrogens with one attached hydrogen (secondary N) is 1. The first kappa shape index (κ1) is 7.55. The number of hydrogen-bond acceptors (Lipinski definition) is 2. The molecule has 2 aliphatic carbocycles. The lowest BCUT2D eigenvalue weighted by atomic mass is 10.2. The van der Waals surface area contributed by atoms with Gasteiger partial charge in [0.25, 0.3) is 0 Å². The predicted octanol–water partition coefficient (Wildman–Crippen LogP) is 0.334. The van der Waals surface area contributed by atoms with Crippen LogP contribution in [0.5, 0.6) is 0 Å². The number of rotatable bonds is 2. The Balaban J connectivity index is 1.97. The number of sulfonamides is 1. The van der Waals surface area contributed by atoms with Gasteiger partial charge in [-0.2, -0.15) is 0 Å². The Kier molecular flexibility index (Phi) is 1.51. The normalized spacial score (nSPS) is 42.1. The molecule has 0 saturated heterocycles. The van der Waals surface area contributed by atoms with Crippen molar-refractivity contribution in [3.8, 4) is 0 Å². The Morgan fingerprint density at radius 3 is 2.45 bits per heavy atom. The SMILES string of the molecule is CS(=O)(=O)NC1CCC2CC21. The van der Waals surface area contributed by atoms with Gasteiger partial charge >= 0.3 is 0 Å². The van der Waals surface area contributed by atoms with Crippen LogP contribution in [0.25, 0.3) is 0 Å². The third-order valence-corrected chi connectivity index (χ3v) is 3.44. The van der Waals surface area contributed by atoms with Crippen molar-refractivity contribution in [2.45, 2.75) is 25.3 Å². The summed E-state index contributed by atoms with van der Waals surface area (Å²) in [5.41, 5.74) is 0. The van der Waals surface area contributed by atoms with Gasteiger partial charge in [0, 0.05) is 6.04 Å². The lowest BCUT2D eigenvalue weighted by Crippen LogP contribution is -2.33. The largest absolute Gasteiger partial charge is 0.213 e. The van der Waals surface area contributed by atoms with Crippen LogP contribution >= 0.6 is 0 Å². The van der Waals surface area contributed by atoms with Crippen molar-refractivity contribution in [1.29, 1.82) is 0 Å². The van der Waals surface area contributed by atoms with Crippen molar-refractivity contribution in [3.63, 3.8) is 0 Å². The van der Waals surface area contributed by atoms with Crippen LogP contribution < -0.4 is 4.72 Å². The molecular weight excluding hydrogens is 162 g/mol. The fourth-order valence-corrected chi connectivity index (χ4v) is 2.97. The Morgan fingerprint density at radius 1 is 1.36 bits per heavy atom. The van der Waals surface area contributed by atoms with Gasteiger partial charge in [-0.15, -0.1) is 0 Å². The Hall–Kier alpha value is -0.0900. The van der Waals surface area contributed by atoms with E-state index in [9.17, 15) is 8.42 Å². The summed E-state index contributed by atoms with van der Waals surface area (Å²) in [6, 6.07) is 0.259. The zero-order valence-electron chi connectivity index (χ0n) is 6.58. The van der Waals surface area contributed by atoms with Crippen molar-refractivity contribution in [2.24, 2.45) is 11.8 Å². The van der Waals surface area contributed by atoms with Crippen molar-refractivity contribution in [1.82, 2.24) is 4.72 Å². The molecule has 11 heavy (non-hydrogen) atoms. The fourth-order valence-electron chi connectivity index (χ4n) is 2.12. The van der Waals surface area contributed by atoms with E-state index in [2.05, 4.69) is 4.72 Å². The molecule has 0 radical (unpaired) electrons. The minimum atomic E-state index is -2.96. The van der Waals surface area contributed by atoms with Crippen LogP contribution in [-0.4, -0.2) is 20.7 Å². The zero-order chi connectivity index (χ0) is 8.06. The maximum absolute atomic E-state index is 10.8. The standard InChI is InChI=1S/C7H13NO2S/c1-11(9,10)8-7-3-2-5-4-6(5)7/h5-8H,2-4H2,1H3. The van der Waals surface area contributed by atoms with Gasteiger partial charge in [-0.1, -0.05) is 0 Å². The molecule has 0 heterocycles. The minimum Gasteiger partial charge on any atom is -0.213 e. The van der Waals surface area contributed by atoms with Gasteiger partial charge in [0.1, 0.15) is 0 Å². The van der Waals surface area contributed by atoms with Crippen LogP contribution in [0.4, 0.5) is 0 Å². The van der Waals surface area contributed by atoms with Crippen LogP contribution in [0.1, 0.15) is 19.3 Å². The average Bonchev–Trinajstić information content (AvgIpc) is 2.50. The highest BCUT2D eigenvalue weighted by atomic mass is 32.2. The predicted molar refractivity (Wildman–Crippen MR) is 42.6 cm³/mol. The first-order valence-corrected chi connectivity index (χ1v) is 5.93. The third-order valence-electron chi connectivity index (χ3n) is 2.71. The van der Waals surface area contributed by atoms with Crippen LogP contribution in [0, 0.1) is 11.8 Å². The molecule has 2 fully saturated rings. The monoisotopic (exact) mass is 175 g/mol. The van der Waals surface area contributed by atoms with E-state index in [0.717, 1.165) is 12.3 Å². The molecule has 0 aromatic rings.